The van der Waals surface area contributed by atoms with E-state index in [9.17, 15) is 0 Å². The van der Waals surface area contributed by atoms with E-state index in [0.717, 1.165) is 6.04 Å². The molecule has 2 rings (SSSR count). The Labute approximate surface area is 99.5 Å². The molecule has 2 aliphatic rings. The number of hydrogen-bond acceptors (Lipinski definition) is 3. The summed E-state index contributed by atoms with van der Waals surface area (Å²) in [6.45, 7) is 5.64. The fourth-order valence-electron chi connectivity index (χ4n) is 3.38. The van der Waals surface area contributed by atoms with Crippen LogP contribution in [0.4, 0.5) is 0 Å². The van der Waals surface area contributed by atoms with Gasteiger partial charge in [-0.2, -0.15) is 0 Å². The van der Waals surface area contributed by atoms with E-state index < -0.39 is 0 Å². The van der Waals surface area contributed by atoms with Gasteiger partial charge in [-0.1, -0.05) is 0 Å². The van der Waals surface area contributed by atoms with E-state index in [1.807, 2.05) is 7.11 Å². The van der Waals surface area contributed by atoms with Crippen LogP contribution in [0.15, 0.2) is 0 Å². The number of rotatable bonds is 3. The molecule has 0 aliphatic carbocycles. The van der Waals surface area contributed by atoms with Crippen LogP contribution in [0, 0.1) is 0 Å². The van der Waals surface area contributed by atoms with Gasteiger partial charge in [-0.3, -0.25) is 4.90 Å². The van der Waals surface area contributed by atoms with Crippen LogP contribution in [0.5, 0.6) is 0 Å². The molecular formula is C13H26N2O. The molecule has 0 radical (unpaired) electrons. The Morgan fingerprint density at radius 3 is 2.50 bits per heavy atom. The maximum atomic E-state index is 5.68. The molecule has 94 valence electrons. The first-order valence-electron chi connectivity index (χ1n) is 6.56. The standard InChI is InChI=1S/C13H26N2O/c1-13(2,16-4)12-8-7-11-6-5-10(14-3)9-15(11)12/h10-12,14H,5-9H2,1-4H3. The van der Waals surface area contributed by atoms with Crippen molar-refractivity contribution in [2.24, 2.45) is 0 Å². The average Bonchev–Trinajstić information content (AvgIpc) is 2.72. The smallest absolute Gasteiger partial charge is 0.0777 e. The molecule has 0 spiro atoms. The quantitative estimate of drug-likeness (QED) is 0.791. The van der Waals surface area contributed by atoms with Crippen molar-refractivity contribution >= 4 is 0 Å². The molecule has 16 heavy (non-hydrogen) atoms. The zero-order valence-corrected chi connectivity index (χ0v) is 11.1. The van der Waals surface area contributed by atoms with Crippen molar-refractivity contribution in [1.82, 2.24) is 10.2 Å². The second-order valence-electron chi connectivity index (χ2n) is 5.81. The summed E-state index contributed by atoms with van der Waals surface area (Å²) >= 11 is 0. The lowest BCUT2D eigenvalue weighted by molar-refractivity contribution is -0.0545. The van der Waals surface area contributed by atoms with Gasteiger partial charge in [0.05, 0.1) is 5.60 Å². The molecule has 0 aromatic carbocycles. The third kappa shape index (κ3) is 2.13. The zero-order chi connectivity index (χ0) is 11.8. The summed E-state index contributed by atoms with van der Waals surface area (Å²) in [6.07, 6.45) is 5.33. The predicted molar refractivity (Wildman–Crippen MR) is 66.7 cm³/mol. The SMILES string of the molecule is CNC1CCC2CCC(C(C)(C)OC)N2C1. The fraction of sp³-hybridized carbons (Fsp3) is 1.00. The van der Waals surface area contributed by atoms with Crippen molar-refractivity contribution in [2.75, 3.05) is 20.7 Å². The maximum Gasteiger partial charge on any atom is 0.0777 e. The van der Waals surface area contributed by atoms with E-state index in [0.29, 0.717) is 12.1 Å². The minimum atomic E-state index is -0.00954. The Bertz CT molecular complexity index is 242. The Morgan fingerprint density at radius 2 is 1.88 bits per heavy atom. The molecule has 3 atom stereocenters. The first-order valence-corrected chi connectivity index (χ1v) is 6.56. The van der Waals surface area contributed by atoms with E-state index in [2.05, 4.69) is 31.1 Å². The summed E-state index contributed by atoms with van der Waals surface area (Å²) < 4.78 is 5.68. The van der Waals surface area contributed by atoms with Gasteiger partial charge < -0.3 is 10.1 Å². The van der Waals surface area contributed by atoms with E-state index in [1.165, 1.54) is 32.2 Å². The van der Waals surface area contributed by atoms with Gasteiger partial charge in [0.15, 0.2) is 0 Å². The Kier molecular flexibility index (Phi) is 3.57. The lowest BCUT2D eigenvalue weighted by atomic mass is 9.95. The molecule has 0 aromatic heterocycles. The lowest BCUT2D eigenvalue weighted by Crippen LogP contribution is -2.55. The van der Waals surface area contributed by atoms with Crippen LogP contribution in [0.3, 0.4) is 0 Å². The molecule has 1 N–H and O–H groups in total. The molecular weight excluding hydrogens is 200 g/mol. The summed E-state index contributed by atoms with van der Waals surface area (Å²) in [6, 6.07) is 2.08. The van der Waals surface area contributed by atoms with Crippen LogP contribution in [0.1, 0.15) is 39.5 Å². The fourth-order valence-corrected chi connectivity index (χ4v) is 3.38. The maximum absolute atomic E-state index is 5.68. The minimum absolute atomic E-state index is 0.00954. The first kappa shape index (κ1) is 12.3. The highest BCUT2D eigenvalue weighted by Crippen LogP contribution is 2.37. The second kappa shape index (κ2) is 4.63. The molecule has 0 bridgehead atoms. The molecule has 2 heterocycles. The van der Waals surface area contributed by atoms with E-state index in [1.54, 1.807) is 0 Å². The number of likely N-dealkylation sites (N-methyl/N-ethyl adjacent to an activating group) is 1. The van der Waals surface area contributed by atoms with Gasteiger partial charge in [-0.15, -0.1) is 0 Å². The highest BCUT2D eigenvalue weighted by atomic mass is 16.5. The lowest BCUT2D eigenvalue weighted by Gasteiger charge is -2.43. The zero-order valence-electron chi connectivity index (χ0n) is 11.1. The number of nitrogens with zero attached hydrogens (tertiary/aromatic N) is 1. The largest absolute Gasteiger partial charge is 0.377 e. The van der Waals surface area contributed by atoms with Crippen molar-refractivity contribution in [1.29, 1.82) is 0 Å². The number of fused-ring (bicyclic) bond motifs is 1. The Morgan fingerprint density at radius 1 is 1.19 bits per heavy atom. The van der Waals surface area contributed by atoms with Crippen LogP contribution >= 0.6 is 0 Å². The monoisotopic (exact) mass is 226 g/mol. The average molecular weight is 226 g/mol. The summed E-state index contributed by atoms with van der Waals surface area (Å²) in [4.78, 5) is 2.69. The third-order valence-corrected chi connectivity index (χ3v) is 4.66. The van der Waals surface area contributed by atoms with Crippen molar-refractivity contribution < 1.29 is 4.74 Å². The molecule has 0 aromatic rings. The minimum Gasteiger partial charge on any atom is -0.377 e. The Hall–Kier alpha value is -0.120. The second-order valence-corrected chi connectivity index (χ2v) is 5.81. The van der Waals surface area contributed by atoms with Gasteiger partial charge in [0.2, 0.25) is 0 Å². The topological polar surface area (TPSA) is 24.5 Å². The van der Waals surface area contributed by atoms with Crippen molar-refractivity contribution in [3.8, 4) is 0 Å². The molecule has 3 unspecified atom stereocenters. The van der Waals surface area contributed by atoms with Gasteiger partial charge >= 0.3 is 0 Å². The van der Waals surface area contributed by atoms with Crippen molar-refractivity contribution in [3.63, 3.8) is 0 Å². The van der Waals surface area contributed by atoms with E-state index in [4.69, 9.17) is 4.74 Å². The summed E-state index contributed by atoms with van der Waals surface area (Å²) in [7, 11) is 3.92. The molecule has 2 aliphatic heterocycles. The number of nitrogens with one attached hydrogen (secondary N) is 1. The summed E-state index contributed by atoms with van der Waals surface area (Å²) in [5, 5.41) is 3.42. The third-order valence-electron chi connectivity index (χ3n) is 4.66. The molecule has 0 saturated carbocycles. The predicted octanol–water partition coefficient (Wildman–Crippen LogP) is 1.63. The van der Waals surface area contributed by atoms with Crippen LogP contribution < -0.4 is 5.32 Å². The van der Waals surface area contributed by atoms with E-state index >= 15 is 0 Å². The molecule has 0 amide bonds. The summed E-state index contributed by atoms with van der Waals surface area (Å²) in [5.41, 5.74) is -0.00954. The number of methoxy groups -OCH3 is 1. The molecule has 3 heteroatoms. The van der Waals surface area contributed by atoms with Gasteiger partial charge in [0.25, 0.3) is 0 Å². The van der Waals surface area contributed by atoms with Crippen LogP contribution in [-0.4, -0.2) is 49.3 Å². The highest BCUT2D eigenvalue weighted by molar-refractivity contribution is 5.00. The Balaban J connectivity index is 2.06. The molecule has 3 nitrogen and oxygen atoms in total. The molecule has 2 saturated heterocycles. The van der Waals surface area contributed by atoms with Crippen molar-refractivity contribution in [2.45, 2.75) is 63.3 Å². The summed E-state index contributed by atoms with van der Waals surface area (Å²) in [5.74, 6) is 0. The number of hydrogen-bond donors (Lipinski definition) is 1. The van der Waals surface area contributed by atoms with Gasteiger partial charge in [0.1, 0.15) is 0 Å². The number of piperidine rings is 1. The van der Waals surface area contributed by atoms with Gasteiger partial charge in [-0.25, -0.2) is 0 Å². The van der Waals surface area contributed by atoms with Crippen LogP contribution in [0.2, 0.25) is 0 Å². The highest BCUT2D eigenvalue weighted by Gasteiger charge is 2.44. The number of ether oxygens (including phenoxy) is 1. The van der Waals surface area contributed by atoms with Crippen molar-refractivity contribution in [3.05, 3.63) is 0 Å². The van der Waals surface area contributed by atoms with Gasteiger partial charge in [0, 0.05) is 31.8 Å². The van der Waals surface area contributed by atoms with Gasteiger partial charge in [-0.05, 0) is 46.6 Å². The normalized spacial score (nSPS) is 36.4. The first-order chi connectivity index (χ1) is 7.58. The van der Waals surface area contributed by atoms with Crippen LogP contribution in [0.25, 0.3) is 0 Å². The van der Waals surface area contributed by atoms with Crippen LogP contribution in [-0.2, 0) is 4.74 Å². The molecule has 2 fully saturated rings. The van der Waals surface area contributed by atoms with E-state index in [-0.39, 0.29) is 5.60 Å².